The molecule has 3 heterocycles. The van der Waals surface area contributed by atoms with Crippen LogP contribution in [0.25, 0.3) is 11.4 Å². The first kappa shape index (κ1) is 19.1. The molecule has 8 heteroatoms. The number of hydrogen-bond acceptors (Lipinski definition) is 6. The third-order valence-electron chi connectivity index (χ3n) is 5.41. The van der Waals surface area contributed by atoms with Crippen LogP contribution in [0, 0.1) is 0 Å². The third kappa shape index (κ3) is 3.80. The minimum atomic E-state index is -0.367. The molecule has 2 aliphatic heterocycles. The zero-order valence-corrected chi connectivity index (χ0v) is 17.2. The highest BCUT2D eigenvalue weighted by Gasteiger charge is 2.38. The van der Waals surface area contributed by atoms with E-state index >= 15 is 0 Å². The summed E-state index contributed by atoms with van der Waals surface area (Å²) in [6.45, 7) is 1.32. The third-order valence-corrected chi connectivity index (χ3v) is 6.63. The molecule has 0 aliphatic carbocycles. The number of carbonyl (C=O) groups excluding carboxylic acids is 1. The van der Waals surface area contributed by atoms with Crippen molar-refractivity contribution in [1.82, 2.24) is 20.2 Å². The molecule has 0 radical (unpaired) electrons. The standard InChI is InChI=1S/C22H23N5O2S/c28-21(23-14-17-12-7-13-29-17)19-18(15-8-3-1-4-9-15)26-27-20(24-25-22(27)30-19)16-10-5-2-6-11-16/h1-6,8-11,17-19,26H,7,12-14H2,(H,23,28)/t17-,18-,19-/m0/s1. The molecule has 7 nitrogen and oxygen atoms in total. The number of benzene rings is 2. The molecule has 0 spiro atoms. The van der Waals surface area contributed by atoms with Crippen molar-refractivity contribution in [2.75, 3.05) is 18.6 Å². The van der Waals surface area contributed by atoms with Crippen LogP contribution in [0.1, 0.15) is 24.4 Å². The molecular weight excluding hydrogens is 398 g/mol. The first-order chi connectivity index (χ1) is 14.8. The first-order valence-electron chi connectivity index (χ1n) is 10.2. The lowest BCUT2D eigenvalue weighted by Gasteiger charge is -2.33. The fourth-order valence-electron chi connectivity index (χ4n) is 3.86. The maximum Gasteiger partial charge on any atom is 0.236 e. The van der Waals surface area contributed by atoms with Crippen LogP contribution in [0.4, 0.5) is 0 Å². The molecule has 5 rings (SSSR count). The summed E-state index contributed by atoms with van der Waals surface area (Å²) in [4.78, 5) is 13.1. The highest BCUT2D eigenvalue weighted by Crippen LogP contribution is 2.38. The predicted molar refractivity (Wildman–Crippen MR) is 116 cm³/mol. The number of ether oxygens (including phenoxy) is 1. The van der Waals surface area contributed by atoms with Crippen molar-refractivity contribution < 1.29 is 9.53 Å². The molecule has 3 aromatic rings. The second-order valence-corrected chi connectivity index (χ2v) is 8.55. The van der Waals surface area contributed by atoms with E-state index in [2.05, 4.69) is 20.9 Å². The largest absolute Gasteiger partial charge is 0.376 e. The molecule has 30 heavy (non-hydrogen) atoms. The number of rotatable bonds is 5. The number of thioether (sulfide) groups is 1. The SMILES string of the molecule is O=C(NC[C@@H]1CCCO1)[C@H]1Sc2nnc(-c3ccccc3)n2N[C@H]1c1ccccc1. The Kier molecular flexibility index (Phi) is 5.42. The van der Waals surface area contributed by atoms with Crippen molar-refractivity contribution in [1.29, 1.82) is 0 Å². The van der Waals surface area contributed by atoms with Crippen molar-refractivity contribution >= 4 is 17.7 Å². The Morgan fingerprint density at radius 3 is 2.63 bits per heavy atom. The average molecular weight is 422 g/mol. The van der Waals surface area contributed by atoms with E-state index in [9.17, 15) is 4.79 Å². The Bertz CT molecular complexity index is 1000. The number of hydrogen-bond donors (Lipinski definition) is 2. The maximum absolute atomic E-state index is 13.1. The zero-order valence-electron chi connectivity index (χ0n) is 16.4. The first-order valence-corrected chi connectivity index (χ1v) is 11.1. The Hall–Kier alpha value is -2.84. The van der Waals surface area contributed by atoms with E-state index in [1.807, 2.05) is 65.3 Å². The number of nitrogens with zero attached hydrogens (tertiary/aromatic N) is 3. The fourth-order valence-corrected chi connectivity index (χ4v) is 4.96. The maximum atomic E-state index is 13.1. The summed E-state index contributed by atoms with van der Waals surface area (Å²) in [7, 11) is 0. The van der Waals surface area contributed by atoms with E-state index < -0.39 is 0 Å². The van der Waals surface area contributed by atoms with Gasteiger partial charge in [-0.2, -0.15) is 0 Å². The second-order valence-electron chi connectivity index (χ2n) is 7.44. The molecule has 1 aromatic heterocycles. The number of amides is 1. The molecule has 3 atom stereocenters. The van der Waals surface area contributed by atoms with Gasteiger partial charge in [0.2, 0.25) is 11.1 Å². The van der Waals surface area contributed by atoms with Gasteiger partial charge in [-0.15, -0.1) is 10.2 Å². The van der Waals surface area contributed by atoms with Crippen LogP contribution in [0.3, 0.4) is 0 Å². The molecule has 2 aromatic carbocycles. The Labute approximate surface area is 179 Å². The second kappa shape index (κ2) is 8.49. The van der Waals surface area contributed by atoms with Crippen molar-refractivity contribution in [3.8, 4) is 11.4 Å². The van der Waals surface area contributed by atoms with Crippen LogP contribution >= 0.6 is 11.8 Å². The lowest BCUT2D eigenvalue weighted by Crippen LogP contribution is -2.45. The molecule has 2 aliphatic rings. The van der Waals surface area contributed by atoms with Gasteiger partial charge in [0.05, 0.1) is 12.1 Å². The molecule has 0 saturated carbocycles. The molecule has 1 fully saturated rings. The van der Waals surface area contributed by atoms with Crippen molar-refractivity contribution in [3.63, 3.8) is 0 Å². The van der Waals surface area contributed by atoms with Gasteiger partial charge in [-0.3, -0.25) is 4.79 Å². The average Bonchev–Trinajstić information content (AvgIpc) is 3.47. The lowest BCUT2D eigenvalue weighted by molar-refractivity contribution is -0.121. The summed E-state index contributed by atoms with van der Waals surface area (Å²) >= 11 is 1.44. The van der Waals surface area contributed by atoms with Crippen LogP contribution < -0.4 is 10.7 Å². The molecule has 154 valence electrons. The van der Waals surface area contributed by atoms with Gasteiger partial charge in [0, 0.05) is 18.7 Å². The summed E-state index contributed by atoms with van der Waals surface area (Å²) in [5, 5.41) is 12.1. The van der Waals surface area contributed by atoms with Gasteiger partial charge in [0.25, 0.3) is 0 Å². The highest BCUT2D eigenvalue weighted by atomic mass is 32.2. The van der Waals surface area contributed by atoms with E-state index in [1.165, 1.54) is 11.8 Å². The van der Waals surface area contributed by atoms with Gasteiger partial charge >= 0.3 is 0 Å². The van der Waals surface area contributed by atoms with Crippen LogP contribution in [0.2, 0.25) is 0 Å². The summed E-state index contributed by atoms with van der Waals surface area (Å²) in [5.74, 6) is 0.713. The van der Waals surface area contributed by atoms with Gasteiger partial charge in [-0.25, -0.2) is 4.68 Å². The summed E-state index contributed by atoms with van der Waals surface area (Å²) in [6, 6.07) is 19.7. The van der Waals surface area contributed by atoms with Gasteiger partial charge in [0.1, 0.15) is 5.25 Å². The zero-order chi connectivity index (χ0) is 20.3. The molecule has 0 bridgehead atoms. The Morgan fingerprint density at radius 1 is 1.13 bits per heavy atom. The van der Waals surface area contributed by atoms with Crippen molar-refractivity contribution in [3.05, 3.63) is 66.2 Å². The molecule has 2 N–H and O–H groups in total. The number of aromatic nitrogens is 3. The summed E-state index contributed by atoms with van der Waals surface area (Å²) in [6.07, 6.45) is 2.16. The molecule has 0 unspecified atom stereocenters. The van der Waals surface area contributed by atoms with Crippen LogP contribution in [0.15, 0.2) is 65.8 Å². The van der Waals surface area contributed by atoms with Gasteiger partial charge in [-0.1, -0.05) is 72.4 Å². The molecule has 1 saturated heterocycles. The van der Waals surface area contributed by atoms with E-state index in [0.29, 0.717) is 11.7 Å². The van der Waals surface area contributed by atoms with Crippen LogP contribution in [0.5, 0.6) is 0 Å². The lowest BCUT2D eigenvalue weighted by atomic mass is 10.0. The number of fused-ring (bicyclic) bond motifs is 1. The quantitative estimate of drug-likeness (QED) is 0.659. The van der Waals surface area contributed by atoms with E-state index in [1.54, 1.807) is 0 Å². The smallest absolute Gasteiger partial charge is 0.236 e. The van der Waals surface area contributed by atoms with Gasteiger partial charge in [0.15, 0.2) is 5.82 Å². The summed E-state index contributed by atoms with van der Waals surface area (Å²) < 4.78 is 7.54. The Balaban J connectivity index is 1.43. The van der Waals surface area contributed by atoms with Crippen LogP contribution in [-0.4, -0.2) is 45.3 Å². The van der Waals surface area contributed by atoms with E-state index in [0.717, 1.165) is 36.4 Å². The van der Waals surface area contributed by atoms with E-state index in [-0.39, 0.29) is 23.3 Å². The monoisotopic (exact) mass is 421 g/mol. The number of nitrogens with one attached hydrogen (secondary N) is 2. The fraction of sp³-hybridized carbons (Fsp3) is 0.318. The molecular formula is C22H23N5O2S. The minimum Gasteiger partial charge on any atom is -0.376 e. The molecule has 1 amide bonds. The van der Waals surface area contributed by atoms with E-state index in [4.69, 9.17) is 4.74 Å². The minimum absolute atomic E-state index is 0.0210. The topological polar surface area (TPSA) is 81.1 Å². The van der Waals surface area contributed by atoms with Gasteiger partial charge in [-0.05, 0) is 18.4 Å². The van der Waals surface area contributed by atoms with Crippen molar-refractivity contribution in [2.24, 2.45) is 0 Å². The normalized spacial score (nSPS) is 22.9. The summed E-state index contributed by atoms with van der Waals surface area (Å²) in [5.41, 5.74) is 5.51. The number of carbonyl (C=O) groups is 1. The van der Waals surface area contributed by atoms with Gasteiger partial charge < -0.3 is 15.5 Å². The van der Waals surface area contributed by atoms with Crippen LogP contribution in [-0.2, 0) is 9.53 Å². The predicted octanol–water partition coefficient (Wildman–Crippen LogP) is 3.00. The highest BCUT2D eigenvalue weighted by molar-refractivity contribution is 8.00. The van der Waals surface area contributed by atoms with Crippen molar-refractivity contribution in [2.45, 2.75) is 35.4 Å². The Morgan fingerprint density at radius 2 is 1.90 bits per heavy atom.